The van der Waals surface area contributed by atoms with E-state index in [1.165, 1.54) is 5.56 Å². The predicted molar refractivity (Wildman–Crippen MR) is 91.6 cm³/mol. The van der Waals surface area contributed by atoms with Crippen molar-refractivity contribution in [3.63, 3.8) is 0 Å². The molecule has 23 heavy (non-hydrogen) atoms. The van der Waals surface area contributed by atoms with Crippen molar-refractivity contribution < 1.29 is 9.21 Å². The second kappa shape index (κ2) is 5.66. The molecule has 0 unspecified atom stereocenters. The molecule has 2 aromatic heterocycles. The minimum atomic E-state index is 0.185. The fourth-order valence-electron chi connectivity index (χ4n) is 2.93. The molecule has 1 aromatic carbocycles. The highest BCUT2D eigenvalue weighted by Crippen LogP contribution is 2.34. The summed E-state index contributed by atoms with van der Waals surface area (Å²) in [6, 6.07) is 10.0. The van der Waals surface area contributed by atoms with Gasteiger partial charge in [0.15, 0.2) is 10.8 Å². The maximum Gasteiger partial charge on any atom is 0.226 e. The van der Waals surface area contributed by atoms with Crippen molar-refractivity contribution in [2.75, 3.05) is 11.4 Å². The maximum atomic E-state index is 12.0. The molecule has 3 aromatic rings. The average Bonchev–Trinajstić information content (AvgIpc) is 3.31. The maximum absolute atomic E-state index is 12.0. The van der Waals surface area contributed by atoms with Gasteiger partial charge in [0.2, 0.25) is 5.91 Å². The fourth-order valence-corrected chi connectivity index (χ4v) is 3.73. The lowest BCUT2D eigenvalue weighted by Crippen LogP contribution is -2.27. The lowest BCUT2D eigenvalue weighted by molar-refractivity contribution is -0.118. The Kier molecular flexibility index (Phi) is 3.50. The molecule has 0 aliphatic carbocycles. The zero-order chi connectivity index (χ0) is 15.8. The molecule has 4 rings (SSSR count). The third kappa shape index (κ3) is 2.47. The quantitative estimate of drug-likeness (QED) is 0.719. The smallest absolute Gasteiger partial charge is 0.226 e. The number of anilines is 1. The molecule has 1 aliphatic heterocycles. The van der Waals surface area contributed by atoms with Crippen LogP contribution >= 0.6 is 11.3 Å². The molecule has 0 fully saturated rings. The number of benzene rings is 1. The van der Waals surface area contributed by atoms with Gasteiger partial charge < -0.3 is 9.32 Å². The Balaban J connectivity index is 1.66. The number of fused-ring (bicyclic) bond motifs is 1. The van der Waals surface area contributed by atoms with E-state index < -0.39 is 0 Å². The number of rotatable bonds is 3. The number of carbonyl (C=O) groups excluding carboxylic acids is 1. The van der Waals surface area contributed by atoms with Crippen LogP contribution in [-0.4, -0.2) is 17.4 Å². The first-order chi connectivity index (χ1) is 11.3. The van der Waals surface area contributed by atoms with Gasteiger partial charge in [0.05, 0.1) is 12.0 Å². The van der Waals surface area contributed by atoms with Crippen LogP contribution in [0.15, 0.2) is 46.4 Å². The number of carbonyl (C=O) groups is 1. The van der Waals surface area contributed by atoms with Crippen molar-refractivity contribution in [2.24, 2.45) is 0 Å². The van der Waals surface area contributed by atoms with Crippen LogP contribution in [0.4, 0.5) is 5.69 Å². The van der Waals surface area contributed by atoms with E-state index in [0.717, 1.165) is 40.7 Å². The van der Waals surface area contributed by atoms with Crippen LogP contribution in [0, 0.1) is 0 Å². The standard InChI is InChI=1S/C18H16N2O2S/c1-2-17(21)20-8-7-13-10-12(5-6-15(13)20)14-11-23-18(19-14)16-4-3-9-22-16/h3-6,9-11H,2,7-8H2,1H3. The highest BCUT2D eigenvalue weighted by Gasteiger charge is 2.24. The number of amides is 1. The van der Waals surface area contributed by atoms with E-state index in [-0.39, 0.29) is 5.91 Å². The summed E-state index contributed by atoms with van der Waals surface area (Å²) < 4.78 is 5.40. The van der Waals surface area contributed by atoms with Crippen LogP contribution in [0.3, 0.4) is 0 Å². The Morgan fingerprint density at radius 3 is 3.09 bits per heavy atom. The first kappa shape index (κ1) is 14.2. The number of hydrogen-bond acceptors (Lipinski definition) is 4. The third-order valence-corrected chi connectivity index (χ3v) is 4.97. The topological polar surface area (TPSA) is 46.3 Å². The fraction of sp³-hybridized carbons (Fsp3) is 0.222. The van der Waals surface area contributed by atoms with E-state index >= 15 is 0 Å². The molecular formula is C18H16N2O2S. The van der Waals surface area contributed by atoms with Crippen molar-refractivity contribution in [2.45, 2.75) is 19.8 Å². The van der Waals surface area contributed by atoms with Gasteiger partial charge in [-0.05, 0) is 36.2 Å². The third-order valence-electron chi connectivity index (χ3n) is 4.11. The molecular weight excluding hydrogens is 308 g/mol. The van der Waals surface area contributed by atoms with Crippen LogP contribution in [0.25, 0.3) is 22.0 Å². The lowest BCUT2D eigenvalue weighted by Gasteiger charge is -2.16. The van der Waals surface area contributed by atoms with Crippen molar-refractivity contribution in [3.8, 4) is 22.0 Å². The summed E-state index contributed by atoms with van der Waals surface area (Å²) in [6.07, 6.45) is 3.11. The molecule has 0 saturated carbocycles. The normalized spacial score (nSPS) is 13.3. The van der Waals surface area contributed by atoms with Gasteiger partial charge in [0.1, 0.15) is 0 Å². The Bertz CT molecular complexity index is 852. The number of hydrogen-bond donors (Lipinski definition) is 0. The van der Waals surface area contributed by atoms with E-state index in [2.05, 4.69) is 11.1 Å². The second-order valence-electron chi connectivity index (χ2n) is 5.51. The molecule has 1 aliphatic rings. The molecule has 0 bridgehead atoms. The van der Waals surface area contributed by atoms with E-state index in [9.17, 15) is 4.79 Å². The van der Waals surface area contributed by atoms with Gasteiger partial charge >= 0.3 is 0 Å². The molecule has 4 nitrogen and oxygen atoms in total. The van der Waals surface area contributed by atoms with Crippen molar-refractivity contribution >= 4 is 22.9 Å². The van der Waals surface area contributed by atoms with Gasteiger partial charge in [0, 0.05) is 29.6 Å². The summed E-state index contributed by atoms with van der Waals surface area (Å²) >= 11 is 1.58. The SMILES string of the molecule is CCC(=O)N1CCc2cc(-c3csc(-c4ccco4)n3)ccc21. The molecule has 0 N–H and O–H groups in total. The van der Waals surface area contributed by atoms with Crippen LogP contribution in [0.5, 0.6) is 0 Å². The van der Waals surface area contributed by atoms with Gasteiger partial charge in [-0.15, -0.1) is 11.3 Å². The minimum absolute atomic E-state index is 0.185. The highest BCUT2D eigenvalue weighted by molar-refractivity contribution is 7.13. The molecule has 0 atom stereocenters. The molecule has 0 spiro atoms. The second-order valence-corrected chi connectivity index (χ2v) is 6.37. The van der Waals surface area contributed by atoms with E-state index in [1.807, 2.05) is 41.5 Å². The van der Waals surface area contributed by atoms with Gasteiger partial charge in [0.25, 0.3) is 0 Å². The summed E-state index contributed by atoms with van der Waals surface area (Å²) in [5.74, 6) is 0.979. The van der Waals surface area contributed by atoms with E-state index in [4.69, 9.17) is 4.42 Å². The zero-order valence-electron chi connectivity index (χ0n) is 12.8. The summed E-state index contributed by atoms with van der Waals surface area (Å²) in [4.78, 5) is 18.5. The number of aromatic nitrogens is 1. The molecule has 116 valence electrons. The predicted octanol–water partition coefficient (Wildman–Crippen LogP) is 4.37. The van der Waals surface area contributed by atoms with E-state index in [1.54, 1.807) is 17.6 Å². The number of thiazole rings is 1. The lowest BCUT2D eigenvalue weighted by atomic mass is 10.1. The number of nitrogens with zero attached hydrogens (tertiary/aromatic N) is 2. The molecule has 0 radical (unpaired) electrons. The molecule has 5 heteroatoms. The molecule has 1 amide bonds. The van der Waals surface area contributed by atoms with Crippen LogP contribution in [0.1, 0.15) is 18.9 Å². The average molecular weight is 324 g/mol. The summed E-state index contributed by atoms with van der Waals surface area (Å²) in [5.41, 5.74) is 4.30. The highest BCUT2D eigenvalue weighted by atomic mass is 32.1. The zero-order valence-corrected chi connectivity index (χ0v) is 13.6. The summed E-state index contributed by atoms with van der Waals surface area (Å²) in [6.45, 7) is 2.68. The van der Waals surface area contributed by atoms with Crippen molar-refractivity contribution in [1.82, 2.24) is 4.98 Å². The summed E-state index contributed by atoms with van der Waals surface area (Å²) in [5, 5.41) is 2.93. The van der Waals surface area contributed by atoms with Gasteiger partial charge in [-0.3, -0.25) is 4.79 Å². The van der Waals surface area contributed by atoms with Gasteiger partial charge in [-0.1, -0.05) is 13.0 Å². The van der Waals surface area contributed by atoms with Gasteiger partial charge in [-0.25, -0.2) is 4.98 Å². The largest absolute Gasteiger partial charge is 0.462 e. The minimum Gasteiger partial charge on any atom is -0.462 e. The van der Waals surface area contributed by atoms with Crippen LogP contribution < -0.4 is 4.90 Å². The van der Waals surface area contributed by atoms with Crippen LogP contribution in [-0.2, 0) is 11.2 Å². The first-order valence-electron chi connectivity index (χ1n) is 7.69. The Labute approximate surface area is 138 Å². The van der Waals surface area contributed by atoms with E-state index in [0.29, 0.717) is 6.42 Å². The molecule has 3 heterocycles. The van der Waals surface area contributed by atoms with Gasteiger partial charge in [-0.2, -0.15) is 0 Å². The van der Waals surface area contributed by atoms with Crippen LogP contribution in [0.2, 0.25) is 0 Å². The van der Waals surface area contributed by atoms with Crippen molar-refractivity contribution in [3.05, 3.63) is 47.5 Å². The summed E-state index contributed by atoms with van der Waals surface area (Å²) in [7, 11) is 0. The monoisotopic (exact) mass is 324 g/mol. The number of furan rings is 1. The molecule has 0 saturated heterocycles. The Morgan fingerprint density at radius 2 is 2.30 bits per heavy atom. The Morgan fingerprint density at radius 1 is 1.39 bits per heavy atom. The van der Waals surface area contributed by atoms with Crippen molar-refractivity contribution in [1.29, 1.82) is 0 Å². The first-order valence-corrected chi connectivity index (χ1v) is 8.57. The Hall–Kier alpha value is -2.40.